The lowest BCUT2D eigenvalue weighted by molar-refractivity contribution is -0.130. The van der Waals surface area contributed by atoms with Gasteiger partial charge >= 0.3 is 5.97 Å². The van der Waals surface area contributed by atoms with Gasteiger partial charge in [-0.05, 0) is 25.8 Å². The molecule has 1 rings (SSSR count). The Morgan fingerprint density at radius 1 is 1.39 bits per heavy atom. The fraction of sp³-hybridized carbons (Fsp3) is 0.467. The molecule has 1 aromatic heterocycles. The number of carbonyl (C=O) groups excluding carboxylic acids is 2. The molecule has 0 aliphatic rings. The lowest BCUT2D eigenvalue weighted by atomic mass is 9.90. The topological polar surface area (TPSA) is 92.1 Å². The van der Waals surface area contributed by atoms with E-state index in [4.69, 9.17) is 27.9 Å². The van der Waals surface area contributed by atoms with Crippen molar-refractivity contribution < 1.29 is 14.3 Å². The SMILES string of the molecule is CC(C)[C@](C)(C#N)NC(=O)[C@H](C)OC(=O)c1cnc(Cl)c(Cl)c1. The van der Waals surface area contributed by atoms with Gasteiger partial charge in [-0.15, -0.1) is 0 Å². The lowest BCUT2D eigenvalue weighted by Crippen LogP contribution is -2.52. The number of nitrogens with zero attached hydrogens (tertiary/aromatic N) is 2. The first-order valence-corrected chi connectivity index (χ1v) is 7.61. The molecule has 0 aliphatic heterocycles. The van der Waals surface area contributed by atoms with Gasteiger partial charge in [0.15, 0.2) is 6.10 Å². The van der Waals surface area contributed by atoms with Crippen LogP contribution in [0.25, 0.3) is 0 Å². The summed E-state index contributed by atoms with van der Waals surface area (Å²) in [5, 5.41) is 11.9. The first-order valence-electron chi connectivity index (χ1n) is 6.86. The fourth-order valence-electron chi connectivity index (χ4n) is 1.47. The molecule has 0 saturated carbocycles. The third-order valence-electron chi connectivity index (χ3n) is 3.45. The van der Waals surface area contributed by atoms with E-state index in [-0.39, 0.29) is 21.7 Å². The summed E-state index contributed by atoms with van der Waals surface area (Å²) in [6.07, 6.45) is 0.123. The van der Waals surface area contributed by atoms with Crippen molar-refractivity contribution in [3.8, 4) is 6.07 Å². The monoisotopic (exact) mass is 357 g/mol. The third-order valence-corrected chi connectivity index (χ3v) is 4.14. The second-order valence-electron chi connectivity index (χ2n) is 5.50. The Hall–Kier alpha value is -1.84. The Kier molecular flexibility index (Phi) is 6.37. The summed E-state index contributed by atoms with van der Waals surface area (Å²) in [7, 11) is 0. The molecule has 0 spiro atoms. The molecule has 0 radical (unpaired) electrons. The number of halogens is 2. The Bertz CT molecular complexity index is 658. The van der Waals surface area contributed by atoms with Crippen molar-refractivity contribution >= 4 is 35.1 Å². The predicted molar refractivity (Wildman–Crippen MR) is 86.1 cm³/mol. The maximum Gasteiger partial charge on any atom is 0.340 e. The number of carbonyl (C=O) groups is 2. The molecule has 0 unspecified atom stereocenters. The number of hydrogen-bond donors (Lipinski definition) is 1. The fourth-order valence-corrected chi connectivity index (χ4v) is 1.74. The Labute approximate surface area is 144 Å². The van der Waals surface area contributed by atoms with Crippen molar-refractivity contribution in [1.82, 2.24) is 10.3 Å². The molecule has 0 aromatic carbocycles. The van der Waals surface area contributed by atoms with Crippen LogP contribution in [-0.4, -0.2) is 28.5 Å². The van der Waals surface area contributed by atoms with Gasteiger partial charge in [0.1, 0.15) is 10.7 Å². The first-order chi connectivity index (χ1) is 10.6. The number of ether oxygens (including phenoxy) is 1. The summed E-state index contributed by atoms with van der Waals surface area (Å²) in [5.74, 6) is -1.44. The zero-order valence-corrected chi connectivity index (χ0v) is 14.7. The molecule has 2 atom stereocenters. The minimum atomic E-state index is -1.08. The van der Waals surface area contributed by atoms with Gasteiger partial charge in [-0.2, -0.15) is 5.26 Å². The highest BCUT2D eigenvalue weighted by Gasteiger charge is 2.32. The molecule has 124 valence electrons. The average molecular weight is 358 g/mol. The second-order valence-corrected chi connectivity index (χ2v) is 6.27. The predicted octanol–water partition coefficient (Wildman–Crippen LogP) is 2.99. The summed E-state index contributed by atoms with van der Waals surface area (Å²) in [6, 6.07) is 3.35. The third kappa shape index (κ3) is 4.81. The number of aromatic nitrogens is 1. The van der Waals surface area contributed by atoms with Crippen LogP contribution < -0.4 is 5.32 Å². The zero-order valence-electron chi connectivity index (χ0n) is 13.2. The number of amides is 1. The van der Waals surface area contributed by atoms with Crippen LogP contribution in [0.2, 0.25) is 10.2 Å². The molecular weight excluding hydrogens is 341 g/mol. The number of nitriles is 1. The molecule has 0 aliphatic carbocycles. The van der Waals surface area contributed by atoms with Crippen LogP contribution >= 0.6 is 23.2 Å². The molecule has 0 saturated heterocycles. The Balaban J connectivity index is 2.77. The lowest BCUT2D eigenvalue weighted by Gasteiger charge is -2.28. The molecule has 0 fully saturated rings. The standard InChI is InChI=1S/C15H17Cl2N3O3/c1-8(2)15(4,7-18)20-13(21)9(3)23-14(22)10-5-11(16)12(17)19-6-10/h5-6,8-9H,1-4H3,(H,20,21)/t9-,15-/m0/s1. The maximum atomic E-state index is 12.1. The molecule has 1 aromatic rings. The van der Waals surface area contributed by atoms with E-state index in [1.807, 2.05) is 19.9 Å². The van der Waals surface area contributed by atoms with Crippen LogP contribution in [0, 0.1) is 17.2 Å². The van der Waals surface area contributed by atoms with Crippen LogP contribution in [0.4, 0.5) is 0 Å². The number of esters is 1. The van der Waals surface area contributed by atoms with Crippen LogP contribution in [0.1, 0.15) is 38.1 Å². The minimum Gasteiger partial charge on any atom is -0.449 e. The van der Waals surface area contributed by atoms with Crippen LogP contribution in [0.15, 0.2) is 12.3 Å². The van der Waals surface area contributed by atoms with Gasteiger partial charge in [0.25, 0.3) is 5.91 Å². The van der Waals surface area contributed by atoms with Crippen LogP contribution in [0.5, 0.6) is 0 Å². The summed E-state index contributed by atoms with van der Waals surface area (Å²) < 4.78 is 5.06. The minimum absolute atomic E-state index is 0.0655. The molecule has 1 N–H and O–H groups in total. The first kappa shape index (κ1) is 19.2. The van der Waals surface area contributed by atoms with E-state index in [0.29, 0.717) is 0 Å². The Morgan fingerprint density at radius 3 is 2.48 bits per heavy atom. The smallest absolute Gasteiger partial charge is 0.340 e. The van der Waals surface area contributed by atoms with E-state index in [1.54, 1.807) is 6.92 Å². The summed E-state index contributed by atoms with van der Waals surface area (Å²) in [6.45, 7) is 6.63. The maximum absolute atomic E-state index is 12.1. The van der Waals surface area contributed by atoms with Crippen molar-refractivity contribution in [2.75, 3.05) is 0 Å². The van der Waals surface area contributed by atoms with Gasteiger partial charge in [0.05, 0.1) is 16.7 Å². The van der Waals surface area contributed by atoms with E-state index in [0.717, 1.165) is 0 Å². The number of pyridine rings is 1. The van der Waals surface area contributed by atoms with Crippen molar-refractivity contribution in [1.29, 1.82) is 5.26 Å². The van der Waals surface area contributed by atoms with Gasteiger partial charge in [-0.25, -0.2) is 9.78 Å². The highest BCUT2D eigenvalue weighted by Crippen LogP contribution is 2.20. The quantitative estimate of drug-likeness (QED) is 0.645. The molecule has 1 heterocycles. The molecular formula is C15H17Cl2N3O3. The van der Waals surface area contributed by atoms with Gasteiger partial charge in [-0.1, -0.05) is 37.0 Å². The van der Waals surface area contributed by atoms with Gasteiger partial charge in [0.2, 0.25) is 0 Å². The Morgan fingerprint density at radius 2 is 2.00 bits per heavy atom. The van der Waals surface area contributed by atoms with E-state index in [1.165, 1.54) is 19.2 Å². The number of hydrogen-bond acceptors (Lipinski definition) is 5. The molecule has 0 bridgehead atoms. The zero-order chi connectivity index (χ0) is 17.8. The van der Waals surface area contributed by atoms with E-state index in [9.17, 15) is 14.9 Å². The number of nitrogens with one attached hydrogen (secondary N) is 1. The van der Waals surface area contributed by atoms with E-state index >= 15 is 0 Å². The van der Waals surface area contributed by atoms with Crippen LogP contribution in [0.3, 0.4) is 0 Å². The van der Waals surface area contributed by atoms with Gasteiger partial charge < -0.3 is 10.1 Å². The van der Waals surface area contributed by atoms with Gasteiger partial charge in [0, 0.05) is 6.20 Å². The van der Waals surface area contributed by atoms with Crippen LogP contribution in [-0.2, 0) is 9.53 Å². The van der Waals surface area contributed by atoms with E-state index in [2.05, 4.69) is 10.3 Å². The highest BCUT2D eigenvalue weighted by molar-refractivity contribution is 6.41. The molecule has 8 heteroatoms. The highest BCUT2D eigenvalue weighted by atomic mass is 35.5. The van der Waals surface area contributed by atoms with Crippen molar-refractivity contribution in [3.05, 3.63) is 28.0 Å². The van der Waals surface area contributed by atoms with Gasteiger partial charge in [-0.3, -0.25) is 4.79 Å². The van der Waals surface area contributed by atoms with Crippen molar-refractivity contribution in [2.45, 2.75) is 39.3 Å². The van der Waals surface area contributed by atoms with Crippen molar-refractivity contribution in [3.63, 3.8) is 0 Å². The molecule has 23 heavy (non-hydrogen) atoms. The summed E-state index contributed by atoms with van der Waals surface area (Å²) in [4.78, 5) is 27.8. The summed E-state index contributed by atoms with van der Waals surface area (Å²) >= 11 is 11.5. The molecule has 6 nitrogen and oxygen atoms in total. The molecule has 1 amide bonds. The van der Waals surface area contributed by atoms with Crippen molar-refractivity contribution in [2.24, 2.45) is 5.92 Å². The largest absolute Gasteiger partial charge is 0.449 e. The normalized spacial score (nSPS) is 14.5. The summed E-state index contributed by atoms with van der Waals surface area (Å²) in [5.41, 5.74) is -0.978. The van der Waals surface area contributed by atoms with E-state index < -0.39 is 23.5 Å². The number of rotatable bonds is 5. The average Bonchev–Trinajstić information content (AvgIpc) is 2.49. The second kappa shape index (κ2) is 7.62.